The quantitative estimate of drug-likeness (QED) is 0.403. The van der Waals surface area contributed by atoms with E-state index in [1.807, 2.05) is 54.6 Å². The van der Waals surface area contributed by atoms with Crippen molar-refractivity contribution in [2.45, 2.75) is 32.6 Å². The lowest BCUT2D eigenvalue weighted by atomic mass is 10.1. The number of hydrogen-bond donors (Lipinski definition) is 1. The average Bonchev–Trinajstić information content (AvgIpc) is 3.38. The van der Waals surface area contributed by atoms with Gasteiger partial charge in [-0.25, -0.2) is 8.42 Å². The summed E-state index contributed by atoms with van der Waals surface area (Å²) in [7, 11) is -3.70. The molecule has 1 atom stereocenters. The van der Waals surface area contributed by atoms with Crippen LogP contribution in [0, 0.1) is 0 Å². The molecule has 38 heavy (non-hydrogen) atoms. The summed E-state index contributed by atoms with van der Waals surface area (Å²) in [6.07, 6.45) is 1.08. The molecule has 3 aromatic rings. The van der Waals surface area contributed by atoms with Gasteiger partial charge in [-0.2, -0.15) is 4.31 Å². The highest BCUT2D eigenvalue weighted by Gasteiger charge is 2.30. The summed E-state index contributed by atoms with van der Waals surface area (Å²) in [5, 5.41) is 2.87. The van der Waals surface area contributed by atoms with Crippen molar-refractivity contribution in [3.63, 3.8) is 0 Å². The van der Waals surface area contributed by atoms with Gasteiger partial charge in [0.25, 0.3) is 0 Å². The number of nitrogens with zero attached hydrogens (tertiary/aromatic N) is 2. The van der Waals surface area contributed by atoms with Crippen LogP contribution in [0.3, 0.4) is 0 Å². The van der Waals surface area contributed by atoms with Crippen molar-refractivity contribution in [3.8, 4) is 11.5 Å². The van der Waals surface area contributed by atoms with Crippen LogP contribution in [0.5, 0.6) is 11.5 Å². The van der Waals surface area contributed by atoms with Crippen molar-refractivity contribution >= 4 is 21.8 Å². The van der Waals surface area contributed by atoms with Gasteiger partial charge in [0.2, 0.25) is 28.6 Å². The van der Waals surface area contributed by atoms with Crippen LogP contribution < -0.4 is 14.8 Å². The Morgan fingerprint density at radius 3 is 2.11 bits per heavy atom. The normalized spacial score (nSPS) is 13.2. The number of ether oxygens (including phenoxy) is 2. The summed E-state index contributed by atoms with van der Waals surface area (Å²) < 4.78 is 36.9. The summed E-state index contributed by atoms with van der Waals surface area (Å²) >= 11 is 0. The molecule has 0 unspecified atom stereocenters. The van der Waals surface area contributed by atoms with Gasteiger partial charge in [0.1, 0.15) is 6.04 Å². The van der Waals surface area contributed by atoms with Crippen molar-refractivity contribution in [2.75, 3.05) is 19.6 Å². The fourth-order valence-corrected chi connectivity index (χ4v) is 4.80. The van der Waals surface area contributed by atoms with Gasteiger partial charge in [-0.15, -0.1) is 0 Å². The van der Waals surface area contributed by atoms with Gasteiger partial charge in [0, 0.05) is 19.6 Å². The van der Waals surface area contributed by atoms with E-state index in [0.29, 0.717) is 11.5 Å². The number of benzene rings is 3. The van der Waals surface area contributed by atoms with Gasteiger partial charge in [0.05, 0.1) is 12.8 Å². The van der Waals surface area contributed by atoms with Gasteiger partial charge in [0.15, 0.2) is 11.5 Å². The maximum absolute atomic E-state index is 13.6. The van der Waals surface area contributed by atoms with E-state index < -0.39 is 22.0 Å². The van der Waals surface area contributed by atoms with Crippen molar-refractivity contribution in [2.24, 2.45) is 0 Å². The maximum Gasteiger partial charge on any atom is 0.242 e. The Labute approximate surface area is 223 Å². The largest absolute Gasteiger partial charge is 0.454 e. The number of rotatable bonds is 11. The van der Waals surface area contributed by atoms with Crippen LogP contribution in [0.4, 0.5) is 0 Å². The summed E-state index contributed by atoms with van der Waals surface area (Å²) in [6, 6.07) is 22.9. The molecule has 0 aliphatic carbocycles. The lowest BCUT2D eigenvalue weighted by molar-refractivity contribution is -0.140. The maximum atomic E-state index is 13.6. The highest BCUT2D eigenvalue weighted by Crippen LogP contribution is 2.32. The van der Waals surface area contributed by atoms with Crippen LogP contribution in [0.15, 0.2) is 78.9 Å². The Hall–Kier alpha value is -3.89. The monoisotopic (exact) mass is 537 g/mol. The van der Waals surface area contributed by atoms with Crippen LogP contribution in [0.25, 0.3) is 0 Å². The molecule has 1 heterocycles. The number of sulfonamides is 1. The fraction of sp³-hybridized carbons (Fsp3) is 0.286. The van der Waals surface area contributed by atoms with E-state index in [0.717, 1.165) is 27.3 Å². The third-order valence-corrected chi connectivity index (χ3v) is 7.45. The Kier molecular flexibility index (Phi) is 8.65. The predicted octanol–water partition coefficient (Wildman–Crippen LogP) is 2.91. The van der Waals surface area contributed by atoms with Crippen molar-refractivity contribution in [1.29, 1.82) is 0 Å². The van der Waals surface area contributed by atoms with E-state index >= 15 is 0 Å². The van der Waals surface area contributed by atoms with Crippen LogP contribution in [0.2, 0.25) is 0 Å². The van der Waals surface area contributed by atoms with E-state index in [2.05, 4.69) is 5.32 Å². The fourth-order valence-electron chi connectivity index (χ4n) is 4.07. The van der Waals surface area contributed by atoms with Crippen molar-refractivity contribution in [1.82, 2.24) is 14.5 Å². The first-order valence-electron chi connectivity index (χ1n) is 12.2. The van der Waals surface area contributed by atoms with Crippen molar-refractivity contribution in [3.05, 3.63) is 95.6 Å². The molecule has 9 nitrogen and oxygen atoms in total. The van der Waals surface area contributed by atoms with E-state index in [1.165, 1.54) is 4.90 Å². The van der Waals surface area contributed by atoms with Crippen LogP contribution in [0.1, 0.15) is 23.6 Å². The molecule has 1 N–H and O–H groups in total. The first-order chi connectivity index (χ1) is 18.2. The number of carbonyl (C=O) groups excluding carboxylic acids is 2. The number of amides is 2. The van der Waals surface area contributed by atoms with Crippen LogP contribution in [-0.4, -0.2) is 55.1 Å². The topological polar surface area (TPSA) is 105 Å². The molecular weight excluding hydrogens is 506 g/mol. The molecule has 4 rings (SSSR count). The summed E-state index contributed by atoms with van der Waals surface area (Å²) in [5.41, 5.74) is 2.40. The van der Waals surface area contributed by atoms with E-state index in [4.69, 9.17) is 9.47 Å². The molecule has 3 aromatic carbocycles. The molecule has 0 spiro atoms. The zero-order chi connectivity index (χ0) is 27.1. The first kappa shape index (κ1) is 27.2. The molecule has 0 saturated heterocycles. The zero-order valence-corrected chi connectivity index (χ0v) is 22.2. The minimum absolute atomic E-state index is 0.0509. The van der Waals surface area contributed by atoms with Crippen LogP contribution in [-0.2, 0) is 39.2 Å². The van der Waals surface area contributed by atoms with E-state index in [-0.39, 0.29) is 38.9 Å². The third-order valence-electron chi connectivity index (χ3n) is 6.25. The average molecular weight is 538 g/mol. The molecule has 0 radical (unpaired) electrons. The predicted molar refractivity (Wildman–Crippen MR) is 143 cm³/mol. The third kappa shape index (κ3) is 7.11. The molecule has 0 saturated carbocycles. The molecule has 10 heteroatoms. The molecule has 1 aliphatic heterocycles. The summed E-state index contributed by atoms with van der Waals surface area (Å²) in [5.74, 6) is 0.436. The molecule has 1 aliphatic rings. The second-order valence-corrected chi connectivity index (χ2v) is 11.1. The van der Waals surface area contributed by atoms with Gasteiger partial charge < -0.3 is 19.7 Å². The lowest BCUT2D eigenvalue weighted by Crippen LogP contribution is -2.50. The highest BCUT2D eigenvalue weighted by molar-refractivity contribution is 7.88. The number of nitrogens with one attached hydrogen (secondary N) is 1. The first-order valence-corrected chi connectivity index (χ1v) is 14.0. The van der Waals surface area contributed by atoms with Gasteiger partial charge in [-0.3, -0.25) is 9.59 Å². The molecular formula is C28H31N3O6S. The number of carbonyl (C=O) groups is 2. The Morgan fingerprint density at radius 1 is 0.868 bits per heavy atom. The van der Waals surface area contributed by atoms with Crippen molar-refractivity contribution < 1.29 is 27.5 Å². The van der Waals surface area contributed by atoms with E-state index in [1.54, 1.807) is 31.2 Å². The Morgan fingerprint density at radius 2 is 1.47 bits per heavy atom. The summed E-state index contributed by atoms with van der Waals surface area (Å²) in [6.45, 7) is 1.85. The SMILES string of the molecule is C[C@H](C(=O)NCc1ccc2c(c1)OCO2)N(Cc1ccccc1)C(=O)CN(Cc1ccccc1)S(C)(=O)=O. The second kappa shape index (κ2) is 12.1. The number of hydrogen-bond acceptors (Lipinski definition) is 6. The molecule has 0 bridgehead atoms. The number of fused-ring (bicyclic) bond motifs is 1. The minimum atomic E-state index is -3.70. The molecule has 0 aromatic heterocycles. The molecule has 200 valence electrons. The molecule has 2 amide bonds. The Balaban J connectivity index is 1.49. The minimum Gasteiger partial charge on any atom is -0.454 e. The smallest absolute Gasteiger partial charge is 0.242 e. The second-order valence-electron chi connectivity index (χ2n) is 9.11. The highest BCUT2D eigenvalue weighted by atomic mass is 32.2. The van der Waals surface area contributed by atoms with Gasteiger partial charge in [-0.05, 0) is 35.7 Å². The van der Waals surface area contributed by atoms with E-state index in [9.17, 15) is 18.0 Å². The van der Waals surface area contributed by atoms with Gasteiger partial charge >= 0.3 is 0 Å². The standard InChI is InChI=1S/C28H31N3O6S/c1-21(28(33)29-16-24-13-14-25-26(15-24)37-20-36-25)31(18-23-11-7-4-8-12-23)27(32)19-30(38(2,34)35)17-22-9-5-3-6-10-22/h3-15,21H,16-20H2,1-2H3,(H,29,33)/t21-/m1/s1. The van der Waals surface area contributed by atoms with Crippen LogP contribution >= 0.6 is 0 Å². The lowest BCUT2D eigenvalue weighted by Gasteiger charge is -2.31. The molecule has 0 fully saturated rings. The zero-order valence-electron chi connectivity index (χ0n) is 21.4. The Bertz CT molecular complexity index is 1370. The summed E-state index contributed by atoms with van der Waals surface area (Å²) in [4.78, 5) is 28.1. The van der Waals surface area contributed by atoms with Gasteiger partial charge in [-0.1, -0.05) is 66.7 Å².